The molecule has 0 aromatic rings. The number of Topliss-reactive ketones (excluding diaryl/α,β-unsaturated/α-hetero) is 2. The number of likely N-dealkylation sites (N-methyl/N-ethyl adjacent to an activating group) is 1. The molecule has 1 heterocycles. The molecule has 84 valence electrons. The zero-order chi connectivity index (χ0) is 11.0. The molecule has 2 aliphatic rings. The Morgan fingerprint density at radius 3 is 2.80 bits per heavy atom. The molecular weight excluding hydrogens is 190 g/mol. The lowest BCUT2D eigenvalue weighted by Gasteiger charge is -2.43. The summed E-state index contributed by atoms with van der Waals surface area (Å²) in [5.74, 6) is 1.75. The number of likely N-dealkylation sites (tertiary alicyclic amines) is 1. The van der Waals surface area contributed by atoms with Crippen LogP contribution in [-0.4, -0.2) is 36.1 Å². The number of hydrogen-bond donors (Lipinski definition) is 0. The Labute approximate surface area is 90.8 Å². The van der Waals surface area contributed by atoms with Gasteiger partial charge in [-0.25, -0.2) is 0 Å². The highest BCUT2D eigenvalue weighted by Gasteiger charge is 2.38. The first kappa shape index (κ1) is 10.8. The number of piperidine rings is 1. The van der Waals surface area contributed by atoms with Crippen molar-refractivity contribution in [3.63, 3.8) is 0 Å². The lowest BCUT2D eigenvalue weighted by atomic mass is 9.72. The van der Waals surface area contributed by atoms with E-state index in [1.165, 1.54) is 0 Å². The van der Waals surface area contributed by atoms with Gasteiger partial charge in [0.1, 0.15) is 11.6 Å². The van der Waals surface area contributed by atoms with Crippen molar-refractivity contribution in [2.24, 2.45) is 11.8 Å². The highest BCUT2D eigenvalue weighted by Crippen LogP contribution is 2.36. The van der Waals surface area contributed by atoms with E-state index in [4.69, 9.17) is 0 Å². The van der Waals surface area contributed by atoms with Gasteiger partial charge in [-0.05, 0) is 38.6 Å². The quantitative estimate of drug-likeness (QED) is 0.652. The van der Waals surface area contributed by atoms with Gasteiger partial charge in [-0.3, -0.25) is 14.5 Å². The Balaban J connectivity index is 2.06. The largest absolute Gasteiger partial charge is 0.300 e. The molecule has 1 saturated heterocycles. The van der Waals surface area contributed by atoms with E-state index in [9.17, 15) is 9.59 Å². The summed E-state index contributed by atoms with van der Waals surface area (Å²) in [5.41, 5.74) is 0. The predicted molar refractivity (Wildman–Crippen MR) is 57.6 cm³/mol. The van der Waals surface area contributed by atoms with Crippen molar-refractivity contribution >= 4 is 11.6 Å². The second-order valence-corrected chi connectivity index (χ2v) is 5.10. The zero-order valence-corrected chi connectivity index (χ0v) is 9.53. The van der Waals surface area contributed by atoms with Gasteiger partial charge in [-0.15, -0.1) is 0 Å². The molecule has 0 aromatic heterocycles. The van der Waals surface area contributed by atoms with E-state index in [2.05, 4.69) is 4.90 Å². The Hall–Kier alpha value is -0.700. The molecule has 3 nitrogen and oxygen atoms in total. The number of fused-ring (bicyclic) bond motifs is 1. The van der Waals surface area contributed by atoms with Crippen LogP contribution >= 0.6 is 0 Å². The maximum absolute atomic E-state index is 11.4. The van der Waals surface area contributed by atoms with Crippen LogP contribution in [0.2, 0.25) is 0 Å². The summed E-state index contributed by atoms with van der Waals surface area (Å²) in [6, 6.07) is 0.0529. The fraction of sp³-hybridized carbons (Fsp3) is 0.833. The minimum Gasteiger partial charge on any atom is -0.300 e. The summed E-state index contributed by atoms with van der Waals surface area (Å²) < 4.78 is 0. The Bertz CT molecular complexity index is 287. The van der Waals surface area contributed by atoms with E-state index in [0.717, 1.165) is 25.8 Å². The van der Waals surface area contributed by atoms with Gasteiger partial charge >= 0.3 is 0 Å². The Morgan fingerprint density at radius 2 is 2.13 bits per heavy atom. The fourth-order valence-corrected chi connectivity index (χ4v) is 3.10. The lowest BCUT2D eigenvalue weighted by molar-refractivity contribution is -0.129. The van der Waals surface area contributed by atoms with Crippen LogP contribution in [0.4, 0.5) is 0 Å². The van der Waals surface area contributed by atoms with Crippen molar-refractivity contribution in [2.45, 2.75) is 38.6 Å². The van der Waals surface area contributed by atoms with Crippen LogP contribution in [-0.2, 0) is 9.59 Å². The van der Waals surface area contributed by atoms with E-state index in [1.807, 2.05) is 7.05 Å². The van der Waals surface area contributed by atoms with Crippen molar-refractivity contribution in [2.75, 3.05) is 13.6 Å². The van der Waals surface area contributed by atoms with Gasteiger partial charge in [0.25, 0.3) is 0 Å². The fourth-order valence-electron chi connectivity index (χ4n) is 3.10. The molecule has 0 N–H and O–H groups in total. The Kier molecular flexibility index (Phi) is 2.91. The van der Waals surface area contributed by atoms with Crippen LogP contribution in [0.25, 0.3) is 0 Å². The maximum atomic E-state index is 11.4. The van der Waals surface area contributed by atoms with Crippen LogP contribution in [0.3, 0.4) is 0 Å². The first-order valence-corrected chi connectivity index (χ1v) is 5.80. The normalized spacial score (nSPS) is 37.5. The molecule has 1 aliphatic carbocycles. The molecule has 0 aromatic carbocycles. The molecule has 3 heteroatoms. The van der Waals surface area contributed by atoms with Gasteiger partial charge in [-0.1, -0.05) is 0 Å². The average molecular weight is 209 g/mol. The van der Waals surface area contributed by atoms with Crippen LogP contribution < -0.4 is 0 Å². The molecule has 2 fully saturated rings. The molecule has 0 amide bonds. The van der Waals surface area contributed by atoms with E-state index < -0.39 is 0 Å². The minimum absolute atomic E-state index is 0.0529. The summed E-state index contributed by atoms with van der Waals surface area (Å²) in [6.45, 7) is 2.65. The molecule has 0 spiro atoms. The number of nitrogens with zero attached hydrogens (tertiary/aromatic N) is 1. The molecule has 3 atom stereocenters. The van der Waals surface area contributed by atoms with Crippen LogP contribution in [0.15, 0.2) is 0 Å². The first-order chi connectivity index (χ1) is 7.08. The Morgan fingerprint density at radius 1 is 1.40 bits per heavy atom. The molecule has 0 bridgehead atoms. The van der Waals surface area contributed by atoms with Crippen molar-refractivity contribution in [3.8, 4) is 0 Å². The predicted octanol–water partition coefficient (Wildman–Crippen LogP) is 1.26. The highest BCUT2D eigenvalue weighted by atomic mass is 16.1. The molecule has 1 aliphatic heterocycles. The molecule has 2 rings (SSSR count). The summed E-state index contributed by atoms with van der Waals surface area (Å²) in [5, 5.41) is 0. The third-order valence-corrected chi connectivity index (χ3v) is 4.00. The van der Waals surface area contributed by atoms with Crippen LogP contribution in [0, 0.1) is 11.8 Å². The van der Waals surface area contributed by atoms with Crippen molar-refractivity contribution < 1.29 is 9.59 Å². The van der Waals surface area contributed by atoms with Gasteiger partial charge < -0.3 is 0 Å². The van der Waals surface area contributed by atoms with Gasteiger partial charge in [-0.2, -0.15) is 0 Å². The monoisotopic (exact) mass is 209 g/mol. The minimum atomic E-state index is 0.0529. The molecular formula is C12H19NO2. The van der Waals surface area contributed by atoms with E-state index in [1.54, 1.807) is 6.92 Å². The highest BCUT2D eigenvalue weighted by molar-refractivity contribution is 5.82. The average Bonchev–Trinajstić information content (AvgIpc) is 2.17. The topological polar surface area (TPSA) is 37.4 Å². The first-order valence-electron chi connectivity index (χ1n) is 5.80. The molecule has 0 radical (unpaired) electrons. The lowest BCUT2D eigenvalue weighted by Crippen LogP contribution is -2.49. The van der Waals surface area contributed by atoms with Crippen LogP contribution in [0.1, 0.15) is 32.6 Å². The number of ketones is 2. The maximum Gasteiger partial charge on any atom is 0.146 e. The van der Waals surface area contributed by atoms with E-state index >= 15 is 0 Å². The molecule has 1 saturated carbocycles. The van der Waals surface area contributed by atoms with E-state index in [0.29, 0.717) is 24.0 Å². The van der Waals surface area contributed by atoms with Gasteiger partial charge in [0.05, 0.1) is 6.04 Å². The number of hydrogen-bond acceptors (Lipinski definition) is 3. The molecule has 15 heavy (non-hydrogen) atoms. The van der Waals surface area contributed by atoms with Crippen molar-refractivity contribution in [1.29, 1.82) is 0 Å². The summed E-state index contributed by atoms with van der Waals surface area (Å²) in [6.07, 6.45) is 3.38. The third kappa shape index (κ3) is 2.12. The number of carbonyl (C=O) groups is 2. The second kappa shape index (κ2) is 4.05. The SMILES string of the molecule is CC(=O)C1CC2CC(=O)CCC2CN1C. The van der Waals surface area contributed by atoms with Crippen molar-refractivity contribution in [3.05, 3.63) is 0 Å². The van der Waals surface area contributed by atoms with Gasteiger partial charge in [0.2, 0.25) is 0 Å². The third-order valence-electron chi connectivity index (χ3n) is 4.00. The van der Waals surface area contributed by atoms with Crippen LogP contribution in [0.5, 0.6) is 0 Å². The smallest absolute Gasteiger partial charge is 0.146 e. The second-order valence-electron chi connectivity index (χ2n) is 5.10. The van der Waals surface area contributed by atoms with Gasteiger partial charge in [0.15, 0.2) is 0 Å². The summed E-state index contributed by atoms with van der Waals surface area (Å²) >= 11 is 0. The van der Waals surface area contributed by atoms with E-state index in [-0.39, 0.29) is 11.8 Å². The van der Waals surface area contributed by atoms with Crippen molar-refractivity contribution in [1.82, 2.24) is 4.90 Å². The number of carbonyl (C=O) groups excluding carboxylic acids is 2. The zero-order valence-electron chi connectivity index (χ0n) is 9.53. The molecule has 3 unspecified atom stereocenters. The van der Waals surface area contributed by atoms with Gasteiger partial charge in [0, 0.05) is 19.4 Å². The summed E-state index contributed by atoms with van der Waals surface area (Å²) in [7, 11) is 2.03. The standard InChI is InChI=1S/C12H19NO2/c1-8(14)12-6-10-5-11(15)4-3-9(10)7-13(12)2/h9-10,12H,3-7H2,1-2H3. The summed E-state index contributed by atoms with van der Waals surface area (Å²) in [4.78, 5) is 25.0. The number of rotatable bonds is 1.